The van der Waals surface area contributed by atoms with Gasteiger partial charge in [-0.3, -0.25) is 0 Å². The van der Waals surface area contributed by atoms with Gasteiger partial charge in [0.15, 0.2) is 0 Å². The van der Waals surface area contributed by atoms with Crippen LogP contribution < -0.4 is 10.6 Å². The monoisotopic (exact) mass is 296 g/mol. The van der Waals surface area contributed by atoms with Crippen molar-refractivity contribution in [3.05, 3.63) is 60.4 Å². The number of carbonyl (C=O) groups is 1. The molecule has 0 aliphatic heterocycles. The SMILES string of the molecule is O=C(NCCc1coc2ccc(O)cc12)Nc1ccccc1. The molecule has 0 unspecified atom stereocenters. The molecule has 22 heavy (non-hydrogen) atoms. The number of hydrogen-bond donors (Lipinski definition) is 3. The fraction of sp³-hybridized carbons (Fsp3) is 0.118. The average Bonchev–Trinajstić information content (AvgIpc) is 2.91. The molecule has 0 radical (unpaired) electrons. The van der Waals surface area contributed by atoms with E-state index in [1.807, 2.05) is 30.3 Å². The van der Waals surface area contributed by atoms with E-state index < -0.39 is 0 Å². The van der Waals surface area contributed by atoms with Crippen LogP contribution in [0.3, 0.4) is 0 Å². The Morgan fingerprint density at radius 2 is 1.95 bits per heavy atom. The molecule has 2 aromatic carbocycles. The first-order valence-electron chi connectivity index (χ1n) is 7.01. The maximum atomic E-state index is 11.8. The number of fused-ring (bicyclic) bond motifs is 1. The lowest BCUT2D eigenvalue weighted by atomic mass is 10.1. The van der Waals surface area contributed by atoms with Crippen LogP contribution in [0.4, 0.5) is 10.5 Å². The highest BCUT2D eigenvalue weighted by Crippen LogP contribution is 2.25. The zero-order valence-corrected chi connectivity index (χ0v) is 11.9. The molecule has 3 N–H and O–H groups in total. The summed E-state index contributed by atoms with van der Waals surface area (Å²) in [6, 6.07) is 14.0. The molecule has 3 rings (SSSR count). The van der Waals surface area contributed by atoms with Crippen molar-refractivity contribution in [2.75, 3.05) is 11.9 Å². The molecule has 2 amide bonds. The summed E-state index contributed by atoms with van der Waals surface area (Å²) in [7, 11) is 0. The molecule has 0 bridgehead atoms. The van der Waals surface area contributed by atoms with E-state index in [0.717, 1.165) is 22.2 Å². The number of rotatable bonds is 4. The highest BCUT2D eigenvalue weighted by atomic mass is 16.3. The number of phenolic OH excluding ortho intramolecular Hbond substituents is 1. The quantitative estimate of drug-likeness (QED) is 0.689. The summed E-state index contributed by atoms with van der Waals surface area (Å²) in [6.07, 6.45) is 2.28. The van der Waals surface area contributed by atoms with Crippen LogP contribution in [0.1, 0.15) is 5.56 Å². The first kappa shape index (κ1) is 14.0. The Balaban J connectivity index is 1.56. The van der Waals surface area contributed by atoms with Gasteiger partial charge in [-0.2, -0.15) is 0 Å². The number of furan rings is 1. The third-order valence-corrected chi connectivity index (χ3v) is 3.35. The predicted octanol–water partition coefficient (Wildman–Crippen LogP) is 3.50. The lowest BCUT2D eigenvalue weighted by Crippen LogP contribution is -2.30. The third-order valence-electron chi connectivity index (χ3n) is 3.35. The van der Waals surface area contributed by atoms with Gasteiger partial charge in [0.1, 0.15) is 11.3 Å². The molecule has 0 spiro atoms. The van der Waals surface area contributed by atoms with E-state index >= 15 is 0 Å². The van der Waals surface area contributed by atoms with Gasteiger partial charge in [-0.25, -0.2) is 4.79 Å². The molecular weight excluding hydrogens is 280 g/mol. The van der Waals surface area contributed by atoms with Crippen LogP contribution in [0.25, 0.3) is 11.0 Å². The van der Waals surface area contributed by atoms with Crippen LogP contribution >= 0.6 is 0 Å². The predicted molar refractivity (Wildman–Crippen MR) is 85.0 cm³/mol. The van der Waals surface area contributed by atoms with Gasteiger partial charge in [0, 0.05) is 23.2 Å². The molecule has 0 saturated carbocycles. The van der Waals surface area contributed by atoms with Crippen LogP contribution in [0.15, 0.2) is 59.2 Å². The second-order valence-electron chi connectivity index (χ2n) is 4.94. The van der Waals surface area contributed by atoms with Crippen LogP contribution in [-0.2, 0) is 6.42 Å². The van der Waals surface area contributed by atoms with Gasteiger partial charge in [0.05, 0.1) is 6.26 Å². The number of amides is 2. The first-order chi connectivity index (χ1) is 10.7. The van der Waals surface area contributed by atoms with Gasteiger partial charge in [0.25, 0.3) is 0 Å². The molecule has 1 heterocycles. The van der Waals surface area contributed by atoms with Crippen molar-refractivity contribution in [3.8, 4) is 5.75 Å². The molecular formula is C17H16N2O3. The standard InChI is InChI=1S/C17H16N2O3/c20-14-6-7-16-15(10-14)12(11-22-16)8-9-18-17(21)19-13-4-2-1-3-5-13/h1-7,10-11,20H,8-9H2,(H2,18,19,21). The topological polar surface area (TPSA) is 74.5 Å². The number of nitrogens with one attached hydrogen (secondary N) is 2. The smallest absolute Gasteiger partial charge is 0.319 e. The summed E-state index contributed by atoms with van der Waals surface area (Å²) in [5.74, 6) is 0.199. The molecule has 5 nitrogen and oxygen atoms in total. The van der Waals surface area contributed by atoms with Crippen LogP contribution in [0, 0.1) is 0 Å². The van der Waals surface area contributed by atoms with Crippen molar-refractivity contribution in [1.29, 1.82) is 0 Å². The Kier molecular flexibility index (Phi) is 3.96. The minimum absolute atomic E-state index is 0.199. The van der Waals surface area contributed by atoms with Gasteiger partial charge < -0.3 is 20.2 Å². The zero-order chi connectivity index (χ0) is 15.4. The normalized spacial score (nSPS) is 10.5. The Labute approximate surface area is 127 Å². The lowest BCUT2D eigenvalue weighted by Gasteiger charge is -2.07. The molecule has 5 heteroatoms. The minimum atomic E-state index is -0.248. The number of benzene rings is 2. The Morgan fingerprint density at radius 3 is 2.77 bits per heavy atom. The third kappa shape index (κ3) is 3.20. The summed E-state index contributed by atoms with van der Waals surface area (Å²) >= 11 is 0. The minimum Gasteiger partial charge on any atom is -0.508 e. The van der Waals surface area contributed by atoms with Crippen molar-refractivity contribution in [2.24, 2.45) is 0 Å². The summed E-state index contributed by atoms with van der Waals surface area (Å²) in [5.41, 5.74) is 2.42. The van der Waals surface area contributed by atoms with Crippen LogP contribution in [0.5, 0.6) is 5.75 Å². The number of para-hydroxylation sites is 1. The highest BCUT2D eigenvalue weighted by molar-refractivity contribution is 5.89. The number of hydrogen-bond acceptors (Lipinski definition) is 3. The van der Waals surface area contributed by atoms with E-state index in [9.17, 15) is 9.90 Å². The average molecular weight is 296 g/mol. The number of anilines is 1. The maximum absolute atomic E-state index is 11.8. The van der Waals surface area contributed by atoms with Crippen molar-refractivity contribution in [1.82, 2.24) is 5.32 Å². The molecule has 0 aliphatic rings. The van der Waals surface area contributed by atoms with Gasteiger partial charge in [-0.15, -0.1) is 0 Å². The fourth-order valence-corrected chi connectivity index (χ4v) is 2.27. The molecule has 0 saturated heterocycles. The van der Waals surface area contributed by atoms with Gasteiger partial charge in [-0.1, -0.05) is 18.2 Å². The Hall–Kier alpha value is -2.95. The van der Waals surface area contributed by atoms with Crippen molar-refractivity contribution >= 4 is 22.7 Å². The van der Waals surface area contributed by atoms with E-state index in [4.69, 9.17) is 4.42 Å². The first-order valence-corrected chi connectivity index (χ1v) is 7.01. The van der Waals surface area contributed by atoms with Crippen LogP contribution in [0.2, 0.25) is 0 Å². The lowest BCUT2D eigenvalue weighted by molar-refractivity contribution is 0.252. The summed E-state index contributed by atoms with van der Waals surface area (Å²) in [4.78, 5) is 11.8. The van der Waals surface area contributed by atoms with E-state index in [2.05, 4.69) is 10.6 Å². The molecule has 0 fully saturated rings. The van der Waals surface area contributed by atoms with Crippen molar-refractivity contribution in [3.63, 3.8) is 0 Å². The van der Waals surface area contributed by atoms with E-state index in [1.54, 1.807) is 24.5 Å². The Morgan fingerprint density at radius 1 is 1.14 bits per heavy atom. The number of aromatic hydroxyl groups is 1. The van der Waals surface area contributed by atoms with E-state index in [1.165, 1.54) is 0 Å². The van der Waals surface area contributed by atoms with E-state index in [0.29, 0.717) is 13.0 Å². The number of urea groups is 1. The fourth-order valence-electron chi connectivity index (χ4n) is 2.27. The molecule has 3 aromatic rings. The molecule has 112 valence electrons. The van der Waals surface area contributed by atoms with Crippen molar-refractivity contribution in [2.45, 2.75) is 6.42 Å². The Bertz CT molecular complexity index is 781. The van der Waals surface area contributed by atoms with Crippen molar-refractivity contribution < 1.29 is 14.3 Å². The number of phenols is 1. The van der Waals surface area contributed by atoms with Crippen LogP contribution in [-0.4, -0.2) is 17.7 Å². The summed E-state index contributed by atoms with van der Waals surface area (Å²) < 4.78 is 5.42. The second-order valence-corrected chi connectivity index (χ2v) is 4.94. The summed E-state index contributed by atoms with van der Waals surface area (Å²) in [5, 5.41) is 15.9. The van der Waals surface area contributed by atoms with Gasteiger partial charge in [0.2, 0.25) is 0 Å². The molecule has 1 aromatic heterocycles. The zero-order valence-electron chi connectivity index (χ0n) is 11.9. The molecule has 0 atom stereocenters. The largest absolute Gasteiger partial charge is 0.508 e. The number of carbonyl (C=O) groups excluding carboxylic acids is 1. The maximum Gasteiger partial charge on any atom is 0.319 e. The van der Waals surface area contributed by atoms with Gasteiger partial charge >= 0.3 is 6.03 Å². The second kappa shape index (κ2) is 6.22. The highest BCUT2D eigenvalue weighted by Gasteiger charge is 2.07. The summed E-state index contributed by atoms with van der Waals surface area (Å²) in [6.45, 7) is 0.475. The van der Waals surface area contributed by atoms with E-state index in [-0.39, 0.29) is 11.8 Å². The molecule has 0 aliphatic carbocycles. The van der Waals surface area contributed by atoms with Gasteiger partial charge in [-0.05, 0) is 36.8 Å².